The average Bonchev–Trinajstić information content (AvgIpc) is 3.05. The summed E-state index contributed by atoms with van der Waals surface area (Å²) in [6.07, 6.45) is -11.2. The van der Waals surface area contributed by atoms with Crippen molar-refractivity contribution >= 4 is 30.0 Å². The Morgan fingerprint density at radius 2 is 1.29 bits per heavy atom. The predicted octanol–water partition coefficient (Wildman–Crippen LogP) is -4.94. The van der Waals surface area contributed by atoms with Gasteiger partial charge < -0.3 is 70.3 Å². The quantitative estimate of drug-likeness (QED) is 0.0960. The number of rotatable bonds is 10. The molecule has 3 amide bonds. The third-order valence-corrected chi connectivity index (χ3v) is 9.46. The Hall–Kier alpha value is -1.76. The lowest BCUT2D eigenvalue weighted by Crippen LogP contribution is -2.65. The molecule has 48 heavy (non-hydrogen) atoms. The molecule has 4 aliphatic heterocycles. The molecule has 4 fully saturated rings. The highest BCUT2D eigenvalue weighted by atomic mass is 32.2. The maximum atomic E-state index is 12.3. The van der Waals surface area contributed by atoms with Crippen molar-refractivity contribution in [3.05, 3.63) is 0 Å². The first-order valence-corrected chi connectivity index (χ1v) is 16.3. The van der Waals surface area contributed by atoms with E-state index in [1.807, 2.05) is 0 Å². The fourth-order valence-corrected chi connectivity index (χ4v) is 7.32. The molecule has 276 valence electrons. The van der Waals surface area contributed by atoms with Crippen molar-refractivity contribution in [3.63, 3.8) is 0 Å². The van der Waals surface area contributed by atoms with Crippen LogP contribution in [0.5, 0.6) is 0 Å². The van der Waals surface area contributed by atoms with Gasteiger partial charge in [0.15, 0.2) is 18.6 Å². The molecule has 15 atom stereocenters. The summed E-state index contributed by atoms with van der Waals surface area (Å²) in [7, 11) is 0. The van der Waals surface area contributed by atoms with Crippen LogP contribution in [0.25, 0.3) is 0 Å². The second-order valence-electron chi connectivity index (χ2n) is 12.3. The van der Waals surface area contributed by atoms with Crippen molar-refractivity contribution < 1.29 is 77.1 Å². The molecular weight excluding hydrogens is 666 g/mol. The Kier molecular flexibility index (Phi) is 14.6. The molecule has 19 nitrogen and oxygen atoms in total. The molecular formula is C28H47N3O16S. The van der Waals surface area contributed by atoms with Crippen molar-refractivity contribution in [1.29, 1.82) is 0 Å². The van der Waals surface area contributed by atoms with Crippen LogP contribution in [0.2, 0.25) is 0 Å². The summed E-state index contributed by atoms with van der Waals surface area (Å²) in [6, 6.07) is -3.00. The Bertz CT molecular complexity index is 1080. The fraction of sp³-hybridized carbons (Fsp3) is 0.893. The van der Waals surface area contributed by atoms with E-state index in [1.54, 1.807) is 0 Å². The lowest BCUT2D eigenvalue weighted by molar-refractivity contribution is -0.240. The maximum absolute atomic E-state index is 12.3. The first-order chi connectivity index (χ1) is 22.9. The molecule has 0 aromatic rings. The summed E-state index contributed by atoms with van der Waals surface area (Å²) in [4.78, 5) is 36.1. The maximum Gasteiger partial charge on any atom is 0.217 e. The van der Waals surface area contributed by atoms with Crippen LogP contribution in [-0.2, 0) is 46.4 Å². The van der Waals surface area contributed by atoms with E-state index in [9.17, 15) is 45.0 Å². The number of carbonyl (C=O) groups excluding carboxylic acids is 3. The second kappa shape index (κ2) is 17.9. The van der Waals surface area contributed by atoms with E-state index in [0.717, 1.165) is 0 Å². The fourth-order valence-electron chi connectivity index (χ4n) is 6.57. The number of amides is 3. The normalized spacial score (nSPS) is 42.1. The SMILES string of the molecule is CC(=O)NC1[C@H](COC[C@H]2C(CO)O[C@H]3COC[C@H]4C(CO)O[C@@H](O)C(NC(C)=O)[C@H]4OSO[C@@H]2C3NC(C)=O)OC(CO)[C@@H](O)[C@@H]1O. The Morgan fingerprint density at radius 3 is 1.92 bits per heavy atom. The van der Waals surface area contributed by atoms with Gasteiger partial charge in [0.05, 0.1) is 70.5 Å². The van der Waals surface area contributed by atoms with Gasteiger partial charge >= 0.3 is 0 Å². The Balaban J connectivity index is 1.56. The van der Waals surface area contributed by atoms with E-state index in [0.29, 0.717) is 12.3 Å². The van der Waals surface area contributed by atoms with E-state index in [-0.39, 0.29) is 26.4 Å². The third kappa shape index (κ3) is 9.31. The first-order valence-electron chi connectivity index (χ1n) is 15.7. The number of ether oxygens (including phenoxy) is 5. The number of fused-ring (bicyclic) bond motifs is 3. The standard InChI is InChI=1S/C28H47N3O16S/c1-11(35)29-21-19(44-18(6-34)24(38)25(21)39)9-41-7-14-16(4-32)43-20-10-42-8-15-17(5-33)45-28(40)23(31-13(3)37)27(15)47-48-46-26(14)22(20)30-12(2)36/h14-28,32-34,38-40H,4-10H2,1-3H3,(H,29,35)(H,30,36)(H,31,37)/t14-,15-,16?,17?,18?,19-,20-,21?,22?,23?,24+,25+,26-,27-,28+/m0/s1. The van der Waals surface area contributed by atoms with Gasteiger partial charge in [-0.2, -0.15) is 0 Å². The molecule has 0 radical (unpaired) electrons. The molecule has 0 aromatic carbocycles. The summed E-state index contributed by atoms with van der Waals surface area (Å²) in [6.45, 7) is 1.62. The van der Waals surface area contributed by atoms with Gasteiger partial charge in [0.25, 0.3) is 0 Å². The van der Waals surface area contributed by atoms with Gasteiger partial charge in [-0.05, 0) is 0 Å². The predicted molar refractivity (Wildman–Crippen MR) is 160 cm³/mol. The van der Waals surface area contributed by atoms with Crippen LogP contribution in [0.3, 0.4) is 0 Å². The van der Waals surface area contributed by atoms with Crippen LogP contribution >= 0.6 is 12.3 Å². The zero-order valence-electron chi connectivity index (χ0n) is 26.8. The summed E-state index contributed by atoms with van der Waals surface area (Å²) in [5.74, 6) is -2.86. The second-order valence-corrected chi connectivity index (χ2v) is 12.8. The van der Waals surface area contributed by atoms with Crippen molar-refractivity contribution in [3.8, 4) is 0 Å². The van der Waals surface area contributed by atoms with Crippen LogP contribution in [-0.4, -0.2) is 174 Å². The number of aliphatic hydroxyl groups excluding tert-OH is 6. The zero-order valence-corrected chi connectivity index (χ0v) is 27.6. The molecule has 0 saturated carbocycles. The number of nitrogens with one attached hydrogen (secondary N) is 3. The topological polar surface area (TPSA) is 273 Å². The summed E-state index contributed by atoms with van der Waals surface area (Å²) >= 11 is 0.520. The van der Waals surface area contributed by atoms with Crippen molar-refractivity contribution in [2.24, 2.45) is 11.8 Å². The lowest BCUT2D eigenvalue weighted by atomic mass is 9.85. The molecule has 4 saturated heterocycles. The smallest absolute Gasteiger partial charge is 0.217 e. The summed E-state index contributed by atoms with van der Waals surface area (Å²) < 4.78 is 41.6. The highest BCUT2D eigenvalue weighted by Gasteiger charge is 2.51. The Morgan fingerprint density at radius 1 is 0.688 bits per heavy atom. The first kappa shape index (κ1) is 39.0. The van der Waals surface area contributed by atoms with Crippen molar-refractivity contribution in [1.82, 2.24) is 16.0 Å². The van der Waals surface area contributed by atoms with Crippen LogP contribution in [0.1, 0.15) is 20.8 Å². The van der Waals surface area contributed by atoms with Crippen LogP contribution in [0.4, 0.5) is 0 Å². The minimum atomic E-state index is -1.53. The van der Waals surface area contributed by atoms with Gasteiger partial charge in [-0.15, -0.1) is 0 Å². The van der Waals surface area contributed by atoms with E-state index < -0.39 is 129 Å². The highest BCUT2D eigenvalue weighted by molar-refractivity contribution is 7.89. The molecule has 4 aliphatic rings. The summed E-state index contributed by atoms with van der Waals surface area (Å²) in [5.41, 5.74) is 0. The third-order valence-electron chi connectivity index (χ3n) is 8.86. The van der Waals surface area contributed by atoms with Crippen LogP contribution in [0.15, 0.2) is 0 Å². The van der Waals surface area contributed by atoms with Gasteiger partial charge in [-0.25, -0.2) is 0 Å². The molecule has 4 rings (SSSR count). The van der Waals surface area contributed by atoms with Gasteiger partial charge in [-0.1, -0.05) is 0 Å². The number of carbonyl (C=O) groups is 3. The van der Waals surface area contributed by atoms with E-state index in [2.05, 4.69) is 16.0 Å². The molecule has 4 heterocycles. The number of hydrogen-bond donors (Lipinski definition) is 9. The number of aliphatic hydroxyl groups is 6. The summed E-state index contributed by atoms with van der Waals surface area (Å²) in [5, 5.41) is 69.5. The molecule has 9 N–H and O–H groups in total. The molecule has 20 heteroatoms. The van der Waals surface area contributed by atoms with Crippen LogP contribution in [0, 0.1) is 11.8 Å². The zero-order chi connectivity index (χ0) is 35.1. The monoisotopic (exact) mass is 713 g/mol. The average molecular weight is 714 g/mol. The molecule has 0 aromatic heterocycles. The minimum Gasteiger partial charge on any atom is -0.394 e. The van der Waals surface area contributed by atoms with Gasteiger partial charge in [-0.3, -0.25) is 22.7 Å². The van der Waals surface area contributed by atoms with Gasteiger partial charge in [0.1, 0.15) is 48.8 Å². The van der Waals surface area contributed by atoms with Crippen LogP contribution < -0.4 is 16.0 Å². The van der Waals surface area contributed by atoms with Crippen molar-refractivity contribution in [2.75, 3.05) is 46.2 Å². The van der Waals surface area contributed by atoms with Gasteiger partial charge in [0.2, 0.25) is 17.7 Å². The molecule has 0 spiro atoms. The minimum absolute atomic E-state index is 0.0703. The molecule has 6 unspecified atom stereocenters. The largest absolute Gasteiger partial charge is 0.394 e. The molecule has 0 aliphatic carbocycles. The number of hydrogen-bond acceptors (Lipinski definition) is 17. The van der Waals surface area contributed by atoms with E-state index in [4.69, 9.17) is 32.1 Å². The highest BCUT2D eigenvalue weighted by Crippen LogP contribution is 2.37. The van der Waals surface area contributed by atoms with E-state index in [1.165, 1.54) is 20.8 Å². The molecule has 2 bridgehead atoms. The van der Waals surface area contributed by atoms with Crippen molar-refractivity contribution in [2.45, 2.75) is 100 Å². The van der Waals surface area contributed by atoms with Gasteiger partial charge in [0, 0.05) is 32.6 Å². The van der Waals surface area contributed by atoms with E-state index >= 15 is 0 Å². The Labute approximate surface area is 281 Å². The lowest BCUT2D eigenvalue weighted by Gasteiger charge is -2.46.